The average molecular weight is 216 g/mol. The van der Waals surface area contributed by atoms with Crippen LogP contribution in [-0.4, -0.2) is 12.3 Å². The van der Waals surface area contributed by atoms with Crippen LogP contribution in [0.1, 0.15) is 18.1 Å². The van der Waals surface area contributed by atoms with Crippen molar-refractivity contribution in [1.82, 2.24) is 5.48 Å². The van der Waals surface area contributed by atoms with Crippen molar-refractivity contribution < 1.29 is 9.94 Å². The van der Waals surface area contributed by atoms with Crippen LogP contribution in [0.4, 0.5) is 0 Å². The van der Waals surface area contributed by atoms with Gasteiger partial charge in [-0.05, 0) is 18.1 Å². The third-order valence-electron chi connectivity index (χ3n) is 2.06. The lowest BCUT2D eigenvalue weighted by Gasteiger charge is -2.11. The van der Waals surface area contributed by atoms with Gasteiger partial charge in [0.05, 0.1) is 12.1 Å². The minimum absolute atomic E-state index is 0.330. The molecule has 0 amide bonds. The summed E-state index contributed by atoms with van der Waals surface area (Å²) in [6.45, 7) is 2.38. The molecule has 1 rings (SSSR count). The number of rotatable bonds is 4. The highest BCUT2D eigenvalue weighted by atomic mass is 35.5. The van der Waals surface area contributed by atoms with Crippen LogP contribution in [-0.2, 0) is 13.0 Å². The fourth-order valence-corrected chi connectivity index (χ4v) is 1.70. The highest BCUT2D eigenvalue weighted by Crippen LogP contribution is 2.30. The second kappa shape index (κ2) is 5.20. The molecule has 0 atom stereocenters. The van der Waals surface area contributed by atoms with Gasteiger partial charge in [0.25, 0.3) is 0 Å². The molecule has 0 heterocycles. The highest BCUT2D eigenvalue weighted by Gasteiger charge is 2.08. The van der Waals surface area contributed by atoms with Crippen molar-refractivity contribution in [2.75, 3.05) is 7.11 Å². The Labute approximate surface area is 88.6 Å². The fourth-order valence-electron chi connectivity index (χ4n) is 1.36. The maximum Gasteiger partial charge on any atom is 0.142 e. The summed E-state index contributed by atoms with van der Waals surface area (Å²) in [6, 6.07) is 3.84. The lowest BCUT2D eigenvalue weighted by Crippen LogP contribution is -2.08. The van der Waals surface area contributed by atoms with Crippen LogP contribution >= 0.6 is 11.6 Å². The zero-order valence-electron chi connectivity index (χ0n) is 8.30. The molecule has 0 aliphatic rings. The van der Waals surface area contributed by atoms with E-state index in [2.05, 4.69) is 5.48 Å². The number of ether oxygens (including phenoxy) is 1. The molecule has 0 fully saturated rings. The van der Waals surface area contributed by atoms with Crippen molar-refractivity contribution in [3.05, 3.63) is 28.3 Å². The number of nitrogens with one attached hydrogen (secondary N) is 1. The van der Waals surface area contributed by atoms with Gasteiger partial charge >= 0.3 is 0 Å². The lowest BCUT2D eigenvalue weighted by atomic mass is 10.1. The van der Waals surface area contributed by atoms with Crippen LogP contribution in [0.25, 0.3) is 0 Å². The lowest BCUT2D eigenvalue weighted by molar-refractivity contribution is 0.160. The van der Waals surface area contributed by atoms with Gasteiger partial charge in [-0.25, -0.2) is 5.48 Å². The van der Waals surface area contributed by atoms with Gasteiger partial charge in [-0.15, -0.1) is 0 Å². The quantitative estimate of drug-likeness (QED) is 0.758. The number of hydrogen-bond donors (Lipinski definition) is 2. The van der Waals surface area contributed by atoms with E-state index in [0.29, 0.717) is 17.3 Å². The van der Waals surface area contributed by atoms with Gasteiger partial charge < -0.3 is 9.94 Å². The first-order chi connectivity index (χ1) is 6.72. The van der Waals surface area contributed by atoms with E-state index < -0.39 is 0 Å². The van der Waals surface area contributed by atoms with Gasteiger partial charge in [0.15, 0.2) is 0 Å². The van der Waals surface area contributed by atoms with Gasteiger partial charge in [0.1, 0.15) is 5.75 Å². The molecule has 0 radical (unpaired) electrons. The molecule has 0 unspecified atom stereocenters. The molecule has 14 heavy (non-hydrogen) atoms. The third-order valence-corrected chi connectivity index (χ3v) is 2.34. The van der Waals surface area contributed by atoms with E-state index in [-0.39, 0.29) is 0 Å². The van der Waals surface area contributed by atoms with Crippen LogP contribution in [0.3, 0.4) is 0 Å². The summed E-state index contributed by atoms with van der Waals surface area (Å²) >= 11 is 6.01. The molecule has 0 saturated heterocycles. The Hall–Kier alpha value is -0.770. The zero-order chi connectivity index (χ0) is 10.6. The molecule has 0 aromatic heterocycles. The van der Waals surface area contributed by atoms with Crippen molar-refractivity contribution in [2.24, 2.45) is 0 Å². The summed E-state index contributed by atoms with van der Waals surface area (Å²) in [4.78, 5) is 0. The minimum atomic E-state index is 0.330. The standard InChI is InChI=1S/C10H14ClNO2/c1-3-7-4-8(6-12-13)10(14-2)9(11)5-7/h4-5,12-13H,3,6H2,1-2H3. The largest absolute Gasteiger partial charge is 0.495 e. The van der Waals surface area contributed by atoms with Crippen molar-refractivity contribution >= 4 is 11.6 Å². The van der Waals surface area contributed by atoms with E-state index >= 15 is 0 Å². The van der Waals surface area contributed by atoms with E-state index in [1.807, 2.05) is 19.1 Å². The zero-order valence-corrected chi connectivity index (χ0v) is 9.06. The first-order valence-corrected chi connectivity index (χ1v) is 4.83. The second-order valence-corrected chi connectivity index (χ2v) is 3.37. The SMILES string of the molecule is CCc1cc(Cl)c(OC)c(CNO)c1. The molecule has 1 aromatic rings. The van der Waals surface area contributed by atoms with Crippen LogP contribution in [0.2, 0.25) is 5.02 Å². The van der Waals surface area contributed by atoms with Crippen LogP contribution in [0.15, 0.2) is 12.1 Å². The summed E-state index contributed by atoms with van der Waals surface area (Å²) in [5.41, 5.74) is 4.09. The van der Waals surface area contributed by atoms with Gasteiger partial charge in [-0.2, -0.15) is 0 Å². The second-order valence-electron chi connectivity index (χ2n) is 2.96. The predicted molar refractivity (Wildman–Crippen MR) is 56.0 cm³/mol. The van der Waals surface area contributed by atoms with E-state index in [9.17, 15) is 0 Å². The van der Waals surface area contributed by atoms with Crippen molar-refractivity contribution in [1.29, 1.82) is 0 Å². The van der Waals surface area contributed by atoms with Gasteiger partial charge in [-0.1, -0.05) is 24.6 Å². The van der Waals surface area contributed by atoms with Crippen LogP contribution in [0, 0.1) is 0 Å². The molecule has 0 spiro atoms. The van der Waals surface area contributed by atoms with Crippen molar-refractivity contribution in [3.63, 3.8) is 0 Å². The Balaban J connectivity index is 3.13. The number of hydrogen-bond acceptors (Lipinski definition) is 3. The maximum atomic E-state index is 8.65. The molecule has 2 N–H and O–H groups in total. The molecule has 0 aliphatic heterocycles. The first-order valence-electron chi connectivity index (χ1n) is 4.45. The molecule has 4 heteroatoms. The normalized spacial score (nSPS) is 10.3. The van der Waals surface area contributed by atoms with Crippen molar-refractivity contribution in [3.8, 4) is 5.75 Å². The Morgan fingerprint density at radius 3 is 2.71 bits per heavy atom. The number of halogens is 1. The topological polar surface area (TPSA) is 41.5 Å². The molecule has 0 aliphatic carbocycles. The molecular formula is C10H14ClNO2. The van der Waals surface area contributed by atoms with Crippen LogP contribution in [0.5, 0.6) is 5.75 Å². The van der Waals surface area contributed by atoms with Crippen molar-refractivity contribution in [2.45, 2.75) is 19.9 Å². The fraction of sp³-hybridized carbons (Fsp3) is 0.400. The van der Waals surface area contributed by atoms with Gasteiger partial charge in [0.2, 0.25) is 0 Å². The van der Waals surface area contributed by atoms with E-state index in [0.717, 1.165) is 17.5 Å². The number of hydroxylamine groups is 1. The molecule has 0 bridgehead atoms. The smallest absolute Gasteiger partial charge is 0.142 e. The van der Waals surface area contributed by atoms with Crippen LogP contribution < -0.4 is 10.2 Å². The minimum Gasteiger partial charge on any atom is -0.495 e. The monoisotopic (exact) mass is 215 g/mol. The van der Waals surface area contributed by atoms with Gasteiger partial charge in [-0.3, -0.25) is 0 Å². The first kappa shape index (κ1) is 11.3. The van der Waals surface area contributed by atoms with E-state index in [1.54, 1.807) is 7.11 Å². The number of methoxy groups -OCH3 is 1. The van der Waals surface area contributed by atoms with Gasteiger partial charge in [0, 0.05) is 12.1 Å². The predicted octanol–water partition coefficient (Wildman–Crippen LogP) is 2.39. The number of benzene rings is 1. The van der Waals surface area contributed by atoms with E-state index in [1.165, 1.54) is 0 Å². The van der Waals surface area contributed by atoms with E-state index in [4.69, 9.17) is 21.5 Å². The third kappa shape index (κ3) is 2.38. The summed E-state index contributed by atoms with van der Waals surface area (Å²) in [7, 11) is 1.56. The number of aryl methyl sites for hydroxylation is 1. The molecule has 3 nitrogen and oxygen atoms in total. The average Bonchev–Trinajstić information content (AvgIpc) is 2.18. The Morgan fingerprint density at radius 2 is 2.21 bits per heavy atom. The summed E-state index contributed by atoms with van der Waals surface area (Å²) in [5, 5.41) is 9.23. The Kier molecular flexibility index (Phi) is 4.20. The highest BCUT2D eigenvalue weighted by molar-refractivity contribution is 6.32. The summed E-state index contributed by atoms with van der Waals surface area (Å²) in [5.74, 6) is 0.616. The maximum absolute atomic E-state index is 8.65. The molecule has 1 aromatic carbocycles. The summed E-state index contributed by atoms with van der Waals surface area (Å²) in [6.07, 6.45) is 0.905. The Bertz CT molecular complexity index is 315. The summed E-state index contributed by atoms with van der Waals surface area (Å²) < 4.78 is 5.15. The molecule has 0 saturated carbocycles. The Morgan fingerprint density at radius 1 is 1.50 bits per heavy atom. The molecule has 78 valence electrons. The molecular weight excluding hydrogens is 202 g/mol.